The number of nitrogens with two attached hydrogens (primary N) is 2. The molecule has 45 heteroatoms. The van der Waals surface area contributed by atoms with Gasteiger partial charge in [0.1, 0.15) is 101 Å². The van der Waals surface area contributed by atoms with Gasteiger partial charge in [0.05, 0.1) is 41.3 Å². The maximum Gasteiger partial charge on any atom is 0.349 e. The number of phenolic OH excluding ortho intramolecular Hbond substituents is 3. The molecule has 1 aromatic heterocycles. The Morgan fingerprint density at radius 2 is 1.34 bits per heavy atom. The molecule has 8 heterocycles. The van der Waals surface area contributed by atoms with Crippen LogP contribution in [0.15, 0.2) is 126 Å². The molecular weight excluding hydrogens is 1750 g/mol. The van der Waals surface area contributed by atoms with Gasteiger partial charge in [0.25, 0.3) is 5.91 Å². The van der Waals surface area contributed by atoms with Crippen molar-refractivity contribution in [1.29, 1.82) is 0 Å². The Morgan fingerprint density at radius 1 is 0.703 bits per heavy atom. The van der Waals surface area contributed by atoms with Gasteiger partial charge < -0.3 is 134 Å². The predicted molar refractivity (Wildman–Crippen MR) is 449 cm³/mol. The smallest absolute Gasteiger partial charge is 0.349 e. The number of amides is 11. The number of carbonyl (C=O) groups is 11. The fraction of sp³-hybridized carbons (Fsp3) is 0.361. The summed E-state index contributed by atoms with van der Waals surface area (Å²) in [6, 6.07) is 6.30. The van der Waals surface area contributed by atoms with E-state index in [9.17, 15) is 79.5 Å². The number of aromatic nitrogens is 2. The van der Waals surface area contributed by atoms with Crippen LogP contribution in [0.25, 0.3) is 17.2 Å². The van der Waals surface area contributed by atoms with Crippen molar-refractivity contribution in [3.8, 4) is 57.1 Å². The van der Waals surface area contributed by atoms with E-state index < -0.39 is 277 Å². The van der Waals surface area contributed by atoms with Crippen LogP contribution in [-0.4, -0.2) is 220 Å². The number of aliphatic hydroxyl groups is 6. The Labute approximate surface area is 741 Å². The van der Waals surface area contributed by atoms with Crippen molar-refractivity contribution in [2.45, 2.75) is 163 Å². The van der Waals surface area contributed by atoms with Gasteiger partial charge in [0.2, 0.25) is 59.3 Å². The van der Waals surface area contributed by atoms with Crippen molar-refractivity contribution in [3.05, 3.63) is 180 Å². The molecule has 7 aromatic rings. The van der Waals surface area contributed by atoms with E-state index in [4.69, 9.17) is 74.7 Å². The first-order valence-corrected chi connectivity index (χ1v) is 40.7. The number of fused-ring (bicyclic) bond motifs is 15. The van der Waals surface area contributed by atoms with Crippen molar-refractivity contribution in [2.24, 2.45) is 17.4 Å². The van der Waals surface area contributed by atoms with E-state index in [0.717, 1.165) is 72.8 Å². The number of rotatable bonds is 20. The molecule has 18 unspecified atom stereocenters. The maximum absolute atomic E-state index is 16.3. The number of nitrogens with zero attached hydrogens (tertiary/aromatic N) is 2. The summed E-state index contributed by atoms with van der Waals surface area (Å²) >= 11 is 20.3. The van der Waals surface area contributed by atoms with Gasteiger partial charge >= 0.3 is 17.5 Å². The van der Waals surface area contributed by atoms with Gasteiger partial charge in [0.15, 0.2) is 23.9 Å². The number of likely N-dealkylation sites (N-methyl/N-ethyl adjacent to an activating group) is 1. The van der Waals surface area contributed by atoms with E-state index in [-0.39, 0.29) is 48.8 Å². The molecule has 0 spiro atoms. The van der Waals surface area contributed by atoms with Crippen molar-refractivity contribution in [3.63, 3.8) is 0 Å². The number of ether oxygens (including phenoxy) is 6. The number of hydrazine groups is 1. The van der Waals surface area contributed by atoms with Crippen LogP contribution in [0.4, 0.5) is 5.82 Å². The van der Waals surface area contributed by atoms with Crippen LogP contribution in [0.3, 0.4) is 0 Å². The highest BCUT2D eigenvalue weighted by Crippen LogP contribution is 2.50. The number of aromatic hydroxyl groups is 3. The van der Waals surface area contributed by atoms with E-state index in [1.807, 2.05) is 5.43 Å². The van der Waals surface area contributed by atoms with Crippen molar-refractivity contribution in [1.82, 2.24) is 62.9 Å². The molecule has 11 bridgehead atoms. The topological polar surface area (TPSA) is 644 Å². The number of halogens is 3. The third-order valence-corrected chi connectivity index (χ3v) is 22.4. The molecule has 6 aromatic carbocycles. The number of benzene rings is 6. The lowest BCUT2D eigenvalue weighted by molar-refractivity contribution is -0.334. The minimum absolute atomic E-state index is 0.0503. The number of phenols is 3. The van der Waals surface area contributed by atoms with Gasteiger partial charge in [-0.25, -0.2) is 4.79 Å². The molecule has 11 amide bonds. The molecular formula is C83H90Cl3N15O27. The second-order valence-corrected chi connectivity index (χ2v) is 32.4. The minimum Gasteiger partial charge on any atom is -0.508 e. The molecule has 7 aliphatic heterocycles. The normalized spacial score (nSPS) is 25.6. The van der Waals surface area contributed by atoms with Gasteiger partial charge in [-0.1, -0.05) is 79.0 Å². The predicted octanol–water partition coefficient (Wildman–Crippen LogP) is -0.153. The maximum atomic E-state index is 16.3. The highest BCUT2D eigenvalue weighted by Gasteiger charge is 2.52. The number of hydrogen-bond acceptors (Lipinski definition) is 30. The van der Waals surface area contributed by atoms with E-state index >= 15 is 24.0 Å². The zero-order valence-corrected chi connectivity index (χ0v) is 70.6. The van der Waals surface area contributed by atoms with Crippen LogP contribution in [0.1, 0.15) is 111 Å². The molecule has 0 saturated carbocycles. The highest BCUT2D eigenvalue weighted by molar-refractivity contribution is 6.34. The molecule has 2 saturated heterocycles. The summed E-state index contributed by atoms with van der Waals surface area (Å²) in [6.45, 7) is 5.50. The quantitative estimate of drug-likeness (QED) is 0.0268. The fourth-order valence-electron chi connectivity index (χ4n) is 14.9. The van der Waals surface area contributed by atoms with Crippen LogP contribution >= 0.6 is 34.8 Å². The fourth-order valence-corrected chi connectivity index (χ4v) is 15.5. The summed E-state index contributed by atoms with van der Waals surface area (Å²) < 4.78 is 40.5. The number of carbonyl (C=O) groups excluding carboxylic acids is 11. The first-order valence-electron chi connectivity index (χ1n) is 39.6. The Balaban J connectivity index is 1.00. The Morgan fingerprint density at radius 3 is 1.97 bits per heavy atom. The lowest BCUT2D eigenvalue weighted by Crippen LogP contribution is -2.65. The molecule has 128 heavy (non-hydrogen) atoms. The second kappa shape index (κ2) is 40.1. The molecule has 0 radical (unpaired) electrons. The largest absolute Gasteiger partial charge is 0.508 e. The first kappa shape index (κ1) is 94.5. The Kier molecular flexibility index (Phi) is 29.6. The van der Waals surface area contributed by atoms with E-state index in [1.54, 1.807) is 50.5 Å². The van der Waals surface area contributed by atoms with Gasteiger partial charge in [-0.3, -0.25) is 68.2 Å². The van der Waals surface area contributed by atoms with Crippen molar-refractivity contribution < 1.29 is 127 Å². The summed E-state index contributed by atoms with van der Waals surface area (Å²) in [6.07, 6.45) is -15.7. The van der Waals surface area contributed by atoms with Gasteiger partial charge in [-0.05, 0) is 145 Å². The van der Waals surface area contributed by atoms with E-state index in [2.05, 4.69) is 52.8 Å². The standard InChI is InChI=1S/C83H90Cl3N15O27/c1-33(2)22-46(89-5)73(114)97-63-65(108)37-10-15-50(44(85)24-37)124-52-26-39-27-53(69(52)128-81-70(68(111)67(110)54(32-102)126-81)127-58-31-83(4,71(112)34(3)123-58)90-19-21-101-20-18-56(93-82(101)122)92-57(107)17-8-35-6-12-40(84)13-7-35)125-51-16-11-38(25-45(51)86)66(109)64-78(119)96-62(79(120)99-100-80(121)72(88)113)43-28-41(103)29-49(105)59(43)42-23-36(9-14-48(42)104)60(75(116)98-64)95-76(117)61(39)94-74(115)47(30-55(87)106)91-77(63)118/h6-18,20,23-29,33-34,46-47,54,58,60-68,70-71,81,89-90,102-105,108-112H,19,21-22,30-32H2,1-5H3,(H2,87,106)(H2,88,113)(H,91,118)(H,94,115)(H,95,117)(H,96,119)(H,97,114)(H,98,116)(H,99,120)(H,100,121)(H,92,93,107,122). The molecule has 18 atom stereocenters. The number of nitrogens with one attached hydrogen (secondary N) is 11. The molecule has 14 rings (SSSR count). The highest BCUT2D eigenvalue weighted by atomic mass is 35.5. The van der Waals surface area contributed by atoms with Crippen molar-refractivity contribution >= 4 is 112 Å². The lowest BCUT2D eigenvalue weighted by Gasteiger charge is -2.48. The second-order valence-electron chi connectivity index (χ2n) is 31.2. The summed E-state index contributed by atoms with van der Waals surface area (Å²) in [5, 5.41) is 129. The van der Waals surface area contributed by atoms with Gasteiger partial charge in [-0.15, -0.1) is 0 Å². The van der Waals surface area contributed by atoms with Crippen molar-refractivity contribution in [2.75, 3.05) is 25.5 Å². The summed E-state index contributed by atoms with van der Waals surface area (Å²) in [5.74, 6) is -20.6. The average Bonchev–Trinajstić information content (AvgIpc) is 0.762. The third-order valence-electron chi connectivity index (χ3n) is 21.6. The van der Waals surface area contributed by atoms with Crippen LogP contribution < -0.4 is 90.1 Å². The van der Waals surface area contributed by atoms with Crippen LogP contribution in [0.2, 0.25) is 15.1 Å². The molecule has 42 nitrogen and oxygen atoms in total. The van der Waals surface area contributed by atoms with Gasteiger partial charge in [0, 0.05) is 59.5 Å². The number of aliphatic hydroxyl groups excluding tert-OH is 6. The van der Waals surface area contributed by atoms with Crippen LogP contribution in [-0.2, 0) is 73.5 Å². The zero-order chi connectivity index (χ0) is 92.8. The number of hydrogen-bond donors (Lipinski definition) is 22. The first-order chi connectivity index (χ1) is 60.7. The Bertz CT molecular complexity index is 5580. The molecule has 2 fully saturated rings. The zero-order valence-electron chi connectivity index (χ0n) is 68.3. The van der Waals surface area contributed by atoms with Crippen LogP contribution in [0.5, 0.6) is 46.0 Å². The molecule has 7 aliphatic rings. The summed E-state index contributed by atoms with van der Waals surface area (Å²) in [5.41, 5.74) is 9.67. The third kappa shape index (κ3) is 21.6. The summed E-state index contributed by atoms with van der Waals surface area (Å²) in [4.78, 5) is 175. The van der Waals surface area contributed by atoms with E-state index in [1.165, 1.54) is 49.0 Å². The summed E-state index contributed by atoms with van der Waals surface area (Å²) in [7, 11) is 1.45. The lowest BCUT2D eigenvalue weighted by atomic mass is 9.85. The minimum atomic E-state index is -2.44. The SMILES string of the molecule is CNC(CC(C)C)C(=O)NC1C(=O)NC(CC(N)=O)C(=O)NC2C(=O)NC3C(=O)NC(C(=O)NC(C(=O)NNC(=O)C(N)=O)c4cc(O)cc(O)c4-c4cc3ccc4O)C(O)c3ccc(c(Cl)c3)Oc3cc2cc(c3OC2OC(CO)C(O)C(O)C2OC2CC(C)(NCCn3ccc(NC(=O)C=Cc4ccc(Cl)cc4)nc3=O)C(O)C(C)O2)Oc2ccc(cc2Cl)C1O. The molecule has 24 N–H and O–H groups in total. The molecule has 680 valence electrons. The monoisotopic (exact) mass is 1830 g/mol. The Hall–Kier alpha value is -12.7. The average molecular weight is 1840 g/mol. The number of anilines is 1. The number of primary amides is 2. The van der Waals surface area contributed by atoms with E-state index in [0.29, 0.717) is 10.6 Å². The van der Waals surface area contributed by atoms with Crippen LogP contribution in [0, 0.1) is 5.92 Å². The molecule has 0 aliphatic carbocycles. The van der Waals surface area contributed by atoms with Gasteiger partial charge in [-0.2, -0.15) is 4.98 Å².